The zero-order chi connectivity index (χ0) is 24.2. The molecule has 0 saturated carbocycles. The van der Waals surface area contributed by atoms with Crippen LogP contribution in [0.3, 0.4) is 0 Å². The summed E-state index contributed by atoms with van der Waals surface area (Å²) in [7, 11) is 1.44. The topological polar surface area (TPSA) is 96.2 Å². The summed E-state index contributed by atoms with van der Waals surface area (Å²) in [6, 6.07) is 12.1. The van der Waals surface area contributed by atoms with Gasteiger partial charge in [-0.1, -0.05) is 6.07 Å². The maximum atomic E-state index is 12.8. The predicted molar refractivity (Wildman–Crippen MR) is 125 cm³/mol. The number of rotatable bonds is 7. The smallest absolute Gasteiger partial charge is 0.331 e. The van der Waals surface area contributed by atoms with Crippen molar-refractivity contribution in [2.45, 2.75) is 13.8 Å². The normalized spacial score (nSPS) is 12.6. The van der Waals surface area contributed by atoms with Gasteiger partial charge in [0.05, 0.1) is 7.11 Å². The van der Waals surface area contributed by atoms with Gasteiger partial charge in [0.2, 0.25) is 5.78 Å². The van der Waals surface area contributed by atoms with E-state index in [0.29, 0.717) is 41.6 Å². The number of ketones is 1. The van der Waals surface area contributed by atoms with Gasteiger partial charge in [-0.2, -0.15) is 0 Å². The Morgan fingerprint density at radius 3 is 2.59 bits per heavy atom. The first-order valence-electron chi connectivity index (χ1n) is 10.7. The number of fused-ring (bicyclic) bond motifs is 1. The van der Waals surface area contributed by atoms with Crippen LogP contribution in [0.4, 0.5) is 0 Å². The highest BCUT2D eigenvalue weighted by Gasteiger charge is 2.19. The number of esters is 1. The molecule has 8 heteroatoms. The fourth-order valence-corrected chi connectivity index (χ4v) is 3.84. The molecule has 1 aromatic heterocycles. The number of carbonyl (C=O) groups is 2. The quantitative estimate of drug-likeness (QED) is 0.321. The van der Waals surface area contributed by atoms with Gasteiger partial charge in [-0.15, -0.1) is 0 Å². The van der Waals surface area contributed by atoms with Crippen molar-refractivity contribution in [2.24, 2.45) is 0 Å². The molecule has 0 saturated heterocycles. The van der Waals surface area contributed by atoms with Crippen molar-refractivity contribution in [1.82, 2.24) is 4.57 Å². The number of aromatic nitrogens is 1. The third-order valence-electron chi connectivity index (χ3n) is 5.48. The maximum Gasteiger partial charge on any atom is 0.331 e. The number of Topliss-reactive ketones (excluding diaryl/α,β-unsaturated/α-hetero) is 1. The van der Waals surface area contributed by atoms with Gasteiger partial charge in [0.15, 0.2) is 29.6 Å². The number of hydrogen-bond donors (Lipinski definition) is 1. The molecule has 2 aromatic carbocycles. The average molecular weight is 463 g/mol. The minimum Gasteiger partial charge on any atom is -0.504 e. The van der Waals surface area contributed by atoms with Crippen molar-refractivity contribution >= 4 is 17.8 Å². The minimum absolute atomic E-state index is 0.00155. The Morgan fingerprint density at radius 2 is 1.82 bits per heavy atom. The SMILES string of the molecule is COc1cc(C=CC(=O)OCC(=O)c2cc(C)n(-c3ccc4c(c3)OCCO4)c2C)ccc1O. The highest BCUT2D eigenvalue weighted by atomic mass is 16.6. The molecule has 0 amide bonds. The van der Waals surface area contributed by atoms with Crippen molar-refractivity contribution in [2.75, 3.05) is 26.9 Å². The van der Waals surface area contributed by atoms with Crippen molar-refractivity contribution in [3.8, 4) is 28.7 Å². The monoisotopic (exact) mass is 463 g/mol. The van der Waals surface area contributed by atoms with Gasteiger partial charge in [0, 0.05) is 34.8 Å². The Balaban J connectivity index is 1.43. The molecule has 34 heavy (non-hydrogen) atoms. The average Bonchev–Trinajstić information content (AvgIpc) is 3.15. The Labute approximate surface area is 196 Å². The van der Waals surface area contributed by atoms with Crippen LogP contribution in [-0.4, -0.2) is 48.4 Å². The number of aromatic hydroxyl groups is 1. The number of carbonyl (C=O) groups excluding carboxylic acids is 2. The molecular formula is C26H25NO7. The highest BCUT2D eigenvalue weighted by molar-refractivity contribution is 6.00. The van der Waals surface area contributed by atoms with Crippen LogP contribution in [0.1, 0.15) is 27.3 Å². The van der Waals surface area contributed by atoms with E-state index in [9.17, 15) is 14.7 Å². The van der Waals surface area contributed by atoms with E-state index >= 15 is 0 Å². The summed E-state index contributed by atoms with van der Waals surface area (Å²) in [5.41, 5.74) is 3.57. The lowest BCUT2D eigenvalue weighted by atomic mass is 10.1. The van der Waals surface area contributed by atoms with Crippen molar-refractivity contribution in [3.05, 3.63) is 71.1 Å². The van der Waals surface area contributed by atoms with E-state index in [-0.39, 0.29) is 18.1 Å². The first-order valence-corrected chi connectivity index (χ1v) is 10.7. The number of hydrogen-bond acceptors (Lipinski definition) is 7. The molecule has 1 N–H and O–H groups in total. The molecule has 176 valence electrons. The predicted octanol–water partition coefficient (Wildman–Crippen LogP) is 4.02. The molecule has 1 aliphatic rings. The maximum absolute atomic E-state index is 12.8. The standard InChI is InChI=1S/C26H25NO7/c1-16-12-20(17(2)27(16)19-6-8-23-25(14-19)33-11-10-32-23)22(29)15-34-26(30)9-5-18-4-7-21(28)24(13-18)31-3/h4-9,12-14,28H,10-11,15H2,1-3H3. The summed E-state index contributed by atoms with van der Waals surface area (Å²) < 4.78 is 23.4. The molecule has 2 heterocycles. The summed E-state index contributed by atoms with van der Waals surface area (Å²) in [4.78, 5) is 24.9. The molecule has 0 fully saturated rings. The fourth-order valence-electron chi connectivity index (χ4n) is 3.84. The van der Waals surface area contributed by atoms with Gasteiger partial charge >= 0.3 is 5.97 Å². The molecule has 0 spiro atoms. The number of ether oxygens (including phenoxy) is 4. The Morgan fingerprint density at radius 1 is 1.06 bits per heavy atom. The zero-order valence-corrected chi connectivity index (χ0v) is 19.2. The number of methoxy groups -OCH3 is 1. The Bertz CT molecular complexity index is 1270. The lowest BCUT2D eigenvalue weighted by molar-refractivity contribution is -0.136. The molecule has 0 atom stereocenters. The van der Waals surface area contributed by atoms with E-state index in [1.807, 2.05) is 36.6 Å². The summed E-state index contributed by atoms with van der Waals surface area (Å²) in [5, 5.41) is 9.64. The molecule has 0 bridgehead atoms. The number of benzene rings is 2. The largest absolute Gasteiger partial charge is 0.504 e. The van der Waals surface area contributed by atoms with E-state index in [1.165, 1.54) is 25.3 Å². The van der Waals surface area contributed by atoms with Gasteiger partial charge < -0.3 is 28.6 Å². The summed E-state index contributed by atoms with van der Waals surface area (Å²) in [6.07, 6.45) is 2.74. The highest BCUT2D eigenvalue weighted by Crippen LogP contribution is 2.33. The molecular weight excluding hydrogens is 438 g/mol. The van der Waals surface area contributed by atoms with Gasteiger partial charge in [-0.05, 0) is 55.8 Å². The van der Waals surface area contributed by atoms with Gasteiger partial charge in [-0.3, -0.25) is 4.79 Å². The summed E-state index contributed by atoms with van der Waals surface area (Å²) in [6.45, 7) is 4.37. The van der Waals surface area contributed by atoms with Crippen LogP contribution in [0, 0.1) is 13.8 Å². The second kappa shape index (κ2) is 9.74. The molecule has 0 unspecified atom stereocenters. The van der Waals surface area contributed by atoms with E-state index < -0.39 is 5.97 Å². The summed E-state index contributed by atoms with van der Waals surface area (Å²) in [5.74, 6) is 0.697. The van der Waals surface area contributed by atoms with Crippen LogP contribution in [0.5, 0.6) is 23.0 Å². The first-order chi connectivity index (χ1) is 16.4. The van der Waals surface area contributed by atoms with Crippen LogP contribution < -0.4 is 14.2 Å². The van der Waals surface area contributed by atoms with Crippen LogP contribution >= 0.6 is 0 Å². The lowest BCUT2D eigenvalue weighted by Gasteiger charge is -2.20. The van der Waals surface area contributed by atoms with Crippen LogP contribution in [0.15, 0.2) is 48.5 Å². The molecule has 0 radical (unpaired) electrons. The third-order valence-corrected chi connectivity index (χ3v) is 5.48. The fraction of sp³-hybridized carbons (Fsp3) is 0.231. The van der Waals surface area contributed by atoms with Crippen LogP contribution in [-0.2, 0) is 9.53 Å². The molecule has 8 nitrogen and oxygen atoms in total. The van der Waals surface area contributed by atoms with E-state index in [4.69, 9.17) is 18.9 Å². The summed E-state index contributed by atoms with van der Waals surface area (Å²) >= 11 is 0. The van der Waals surface area contributed by atoms with E-state index in [0.717, 1.165) is 17.1 Å². The van der Waals surface area contributed by atoms with Crippen molar-refractivity contribution < 1.29 is 33.6 Å². The van der Waals surface area contributed by atoms with E-state index in [1.54, 1.807) is 18.2 Å². The first kappa shape index (κ1) is 23.0. The van der Waals surface area contributed by atoms with Crippen molar-refractivity contribution in [3.63, 3.8) is 0 Å². The molecule has 0 aliphatic carbocycles. The second-order valence-corrected chi connectivity index (χ2v) is 7.74. The Kier molecular flexibility index (Phi) is 6.58. The lowest BCUT2D eigenvalue weighted by Crippen LogP contribution is -2.16. The van der Waals surface area contributed by atoms with Gasteiger partial charge in [-0.25, -0.2) is 4.79 Å². The molecule has 4 rings (SSSR count). The zero-order valence-electron chi connectivity index (χ0n) is 19.2. The third kappa shape index (κ3) is 4.76. The number of aryl methyl sites for hydroxylation is 1. The van der Waals surface area contributed by atoms with Gasteiger partial charge in [0.1, 0.15) is 13.2 Å². The minimum atomic E-state index is -0.652. The molecule has 1 aliphatic heterocycles. The van der Waals surface area contributed by atoms with Gasteiger partial charge in [0.25, 0.3) is 0 Å². The molecule has 3 aromatic rings. The Hall–Kier alpha value is -4.20. The number of nitrogens with zero attached hydrogens (tertiary/aromatic N) is 1. The number of phenols is 1. The second-order valence-electron chi connectivity index (χ2n) is 7.74. The van der Waals surface area contributed by atoms with Crippen molar-refractivity contribution in [1.29, 1.82) is 0 Å². The van der Waals surface area contributed by atoms with Crippen LogP contribution in [0.2, 0.25) is 0 Å². The van der Waals surface area contributed by atoms with Crippen LogP contribution in [0.25, 0.3) is 11.8 Å². The van der Waals surface area contributed by atoms with E-state index in [2.05, 4.69) is 0 Å². The number of phenolic OH excluding ortho intramolecular Hbond substituents is 1.